The van der Waals surface area contributed by atoms with E-state index in [0.717, 1.165) is 22.6 Å². The predicted octanol–water partition coefficient (Wildman–Crippen LogP) is 3.11. The largest absolute Gasteiger partial charge is 0.383 e. The van der Waals surface area contributed by atoms with Crippen LogP contribution in [0.5, 0.6) is 0 Å². The van der Waals surface area contributed by atoms with Gasteiger partial charge in [0.15, 0.2) is 5.11 Å². The number of aryl methyl sites for hydroxylation is 4. The standard InChI is InChI=1S/C19H26N6OS/c1-12-6-7-16(13(2)10-12)23-19(27)25-17(20-8-9-26-5)24-18-21-14(3)11-15(4)22-18/h6-7,10-11H,8-9H2,1-5H3,(H3,20,21,22,23,24,25,27). The molecular weight excluding hydrogens is 360 g/mol. The summed E-state index contributed by atoms with van der Waals surface area (Å²) in [5.74, 6) is 0.921. The summed E-state index contributed by atoms with van der Waals surface area (Å²) in [6, 6.07) is 8.04. The van der Waals surface area contributed by atoms with Gasteiger partial charge < -0.3 is 15.4 Å². The number of nitrogens with one attached hydrogen (secondary N) is 3. The first kappa shape index (κ1) is 20.7. The van der Waals surface area contributed by atoms with Gasteiger partial charge in [-0.25, -0.2) is 9.97 Å². The number of ether oxygens (including phenoxy) is 1. The Labute approximate surface area is 165 Å². The van der Waals surface area contributed by atoms with Gasteiger partial charge in [0.05, 0.1) is 13.2 Å². The Kier molecular flexibility index (Phi) is 7.63. The molecule has 0 unspecified atom stereocenters. The first-order chi connectivity index (χ1) is 12.9. The Balaban J connectivity index is 2.11. The van der Waals surface area contributed by atoms with E-state index in [9.17, 15) is 0 Å². The number of methoxy groups -OCH3 is 1. The molecule has 2 aromatic rings. The van der Waals surface area contributed by atoms with Crippen LogP contribution < -0.4 is 16.0 Å². The lowest BCUT2D eigenvalue weighted by atomic mass is 10.1. The Morgan fingerprint density at radius 1 is 1.07 bits per heavy atom. The molecule has 0 bridgehead atoms. The monoisotopic (exact) mass is 386 g/mol. The highest BCUT2D eigenvalue weighted by Gasteiger charge is 2.08. The van der Waals surface area contributed by atoms with Gasteiger partial charge in [-0.2, -0.15) is 0 Å². The molecule has 1 heterocycles. The van der Waals surface area contributed by atoms with Crippen LogP contribution in [0.15, 0.2) is 29.3 Å². The van der Waals surface area contributed by atoms with E-state index in [0.29, 0.717) is 30.2 Å². The van der Waals surface area contributed by atoms with Crippen LogP contribution >= 0.6 is 12.2 Å². The normalized spacial score (nSPS) is 11.2. The van der Waals surface area contributed by atoms with Crippen molar-refractivity contribution in [3.05, 3.63) is 46.8 Å². The van der Waals surface area contributed by atoms with E-state index in [1.807, 2.05) is 39.0 Å². The van der Waals surface area contributed by atoms with Crippen molar-refractivity contribution < 1.29 is 4.74 Å². The second kappa shape index (κ2) is 9.94. The molecule has 7 nitrogen and oxygen atoms in total. The fraction of sp³-hybridized carbons (Fsp3) is 0.368. The minimum absolute atomic E-state index is 0.426. The SMILES string of the molecule is COCCN=C(NC(=S)Nc1ccc(C)cc1C)Nc1nc(C)cc(C)n1. The maximum absolute atomic E-state index is 5.44. The lowest BCUT2D eigenvalue weighted by Gasteiger charge is -2.15. The van der Waals surface area contributed by atoms with Gasteiger partial charge in [0.2, 0.25) is 11.9 Å². The van der Waals surface area contributed by atoms with Gasteiger partial charge in [0.1, 0.15) is 0 Å². The zero-order valence-electron chi connectivity index (χ0n) is 16.4. The number of nitrogens with zero attached hydrogens (tertiary/aromatic N) is 3. The summed E-state index contributed by atoms with van der Waals surface area (Å²) >= 11 is 5.44. The summed E-state index contributed by atoms with van der Waals surface area (Å²) in [6.45, 7) is 8.90. The molecule has 1 aromatic heterocycles. The predicted molar refractivity (Wildman–Crippen MR) is 115 cm³/mol. The first-order valence-corrected chi connectivity index (χ1v) is 9.06. The molecule has 8 heteroatoms. The van der Waals surface area contributed by atoms with E-state index in [1.165, 1.54) is 5.56 Å². The molecule has 0 amide bonds. The van der Waals surface area contributed by atoms with Gasteiger partial charge in [-0.15, -0.1) is 0 Å². The van der Waals surface area contributed by atoms with Gasteiger partial charge in [0, 0.05) is 24.2 Å². The lowest BCUT2D eigenvalue weighted by Crippen LogP contribution is -2.39. The third kappa shape index (κ3) is 6.92. The van der Waals surface area contributed by atoms with Crippen LogP contribution in [0.1, 0.15) is 22.5 Å². The molecule has 144 valence electrons. The van der Waals surface area contributed by atoms with Crippen LogP contribution in [-0.4, -0.2) is 41.3 Å². The number of hydrogen-bond donors (Lipinski definition) is 3. The summed E-state index contributed by atoms with van der Waals surface area (Å²) in [7, 11) is 1.63. The zero-order chi connectivity index (χ0) is 19.8. The second-order valence-corrected chi connectivity index (χ2v) is 6.63. The summed E-state index contributed by atoms with van der Waals surface area (Å²) in [5, 5.41) is 9.79. The van der Waals surface area contributed by atoms with Crippen LogP contribution in [0.4, 0.5) is 11.6 Å². The second-order valence-electron chi connectivity index (χ2n) is 6.22. The molecule has 0 aliphatic carbocycles. The summed E-state index contributed by atoms with van der Waals surface area (Å²) in [6.07, 6.45) is 0. The van der Waals surface area contributed by atoms with Gasteiger partial charge in [-0.1, -0.05) is 17.7 Å². The summed E-state index contributed by atoms with van der Waals surface area (Å²) in [4.78, 5) is 13.2. The number of hydrogen-bond acceptors (Lipinski definition) is 5. The third-order valence-corrected chi connectivity index (χ3v) is 3.84. The smallest absolute Gasteiger partial charge is 0.229 e. The van der Waals surface area contributed by atoms with Crippen LogP contribution in [0.2, 0.25) is 0 Å². The van der Waals surface area contributed by atoms with E-state index in [1.54, 1.807) is 7.11 Å². The molecule has 0 spiro atoms. The van der Waals surface area contributed by atoms with E-state index in [2.05, 4.69) is 43.9 Å². The Morgan fingerprint density at radius 3 is 2.41 bits per heavy atom. The average Bonchev–Trinajstić information content (AvgIpc) is 2.56. The van der Waals surface area contributed by atoms with Crippen molar-refractivity contribution in [2.45, 2.75) is 27.7 Å². The van der Waals surface area contributed by atoms with Gasteiger partial charge in [-0.05, 0) is 57.6 Å². The van der Waals surface area contributed by atoms with Gasteiger partial charge in [-0.3, -0.25) is 10.3 Å². The van der Waals surface area contributed by atoms with Crippen LogP contribution in [0.3, 0.4) is 0 Å². The fourth-order valence-corrected chi connectivity index (χ4v) is 2.67. The van der Waals surface area contributed by atoms with Gasteiger partial charge in [0.25, 0.3) is 0 Å². The minimum atomic E-state index is 0.426. The molecule has 0 radical (unpaired) electrons. The van der Waals surface area contributed by atoms with E-state index in [-0.39, 0.29) is 0 Å². The van der Waals surface area contributed by atoms with Crippen molar-refractivity contribution in [1.29, 1.82) is 0 Å². The van der Waals surface area contributed by atoms with E-state index in [4.69, 9.17) is 17.0 Å². The summed E-state index contributed by atoms with van der Waals surface area (Å²) < 4.78 is 5.07. The summed E-state index contributed by atoms with van der Waals surface area (Å²) in [5.41, 5.74) is 5.00. The molecule has 0 aliphatic rings. The molecule has 1 aromatic carbocycles. The van der Waals surface area contributed by atoms with Crippen LogP contribution in [-0.2, 0) is 4.74 Å². The van der Waals surface area contributed by atoms with Crippen molar-refractivity contribution in [3.8, 4) is 0 Å². The van der Waals surface area contributed by atoms with E-state index >= 15 is 0 Å². The van der Waals surface area contributed by atoms with Crippen molar-refractivity contribution in [1.82, 2.24) is 15.3 Å². The topological polar surface area (TPSA) is 83.5 Å². The Morgan fingerprint density at radius 2 is 1.78 bits per heavy atom. The zero-order valence-corrected chi connectivity index (χ0v) is 17.2. The Bertz CT molecular complexity index is 817. The highest BCUT2D eigenvalue weighted by molar-refractivity contribution is 7.80. The molecule has 0 saturated heterocycles. The lowest BCUT2D eigenvalue weighted by molar-refractivity contribution is 0.208. The fourth-order valence-electron chi connectivity index (χ4n) is 2.46. The minimum Gasteiger partial charge on any atom is -0.383 e. The Hall–Kier alpha value is -2.58. The third-order valence-electron chi connectivity index (χ3n) is 3.64. The van der Waals surface area contributed by atoms with Crippen molar-refractivity contribution in [2.24, 2.45) is 4.99 Å². The number of benzene rings is 1. The molecule has 3 N–H and O–H groups in total. The molecule has 0 aliphatic heterocycles. The van der Waals surface area contributed by atoms with Crippen molar-refractivity contribution in [2.75, 3.05) is 30.9 Å². The van der Waals surface area contributed by atoms with Crippen LogP contribution in [0.25, 0.3) is 0 Å². The van der Waals surface area contributed by atoms with Gasteiger partial charge >= 0.3 is 0 Å². The molecule has 0 atom stereocenters. The van der Waals surface area contributed by atoms with E-state index < -0.39 is 0 Å². The van der Waals surface area contributed by atoms with Crippen LogP contribution in [0, 0.1) is 27.7 Å². The molecule has 0 fully saturated rings. The van der Waals surface area contributed by atoms with Crippen molar-refractivity contribution >= 4 is 34.9 Å². The average molecular weight is 387 g/mol. The number of aromatic nitrogens is 2. The number of thiocarbonyl (C=S) groups is 1. The number of anilines is 2. The molecule has 2 rings (SSSR count). The maximum atomic E-state index is 5.44. The molecule has 27 heavy (non-hydrogen) atoms. The first-order valence-electron chi connectivity index (χ1n) is 8.65. The maximum Gasteiger partial charge on any atom is 0.229 e. The highest BCUT2D eigenvalue weighted by atomic mass is 32.1. The number of guanidine groups is 1. The highest BCUT2D eigenvalue weighted by Crippen LogP contribution is 2.15. The van der Waals surface area contributed by atoms with Crippen molar-refractivity contribution in [3.63, 3.8) is 0 Å². The number of rotatable bonds is 5. The molecule has 0 saturated carbocycles. The molecular formula is C19H26N6OS. The number of aliphatic imine (C=N–C) groups is 1. The quantitative estimate of drug-likeness (QED) is 0.315.